The second-order valence-electron chi connectivity index (χ2n) is 2.96. The molecule has 0 aliphatic rings. The van der Waals surface area contributed by atoms with Crippen LogP contribution in [0.1, 0.15) is 12.8 Å². The zero-order chi connectivity index (χ0) is 12.4. The highest BCUT2D eigenvalue weighted by atomic mass is 16.5. The molecule has 0 radical (unpaired) electrons. The smallest absolute Gasteiger partial charge is 0.333 e. The third-order valence-electron chi connectivity index (χ3n) is 1.61. The average Bonchev–Trinajstić information content (AvgIpc) is 2.30. The van der Waals surface area contributed by atoms with Gasteiger partial charge in [0.15, 0.2) is 0 Å². The van der Waals surface area contributed by atoms with Crippen LogP contribution in [0, 0.1) is 0 Å². The Balaban J connectivity index is 3.79. The predicted molar refractivity (Wildman–Crippen MR) is 60.7 cm³/mol. The average molecular weight is 224 g/mol. The molecule has 0 fully saturated rings. The Morgan fingerprint density at radius 2 is 1.56 bits per heavy atom. The highest BCUT2D eigenvalue weighted by molar-refractivity contribution is 5.88. The molecule has 0 aliphatic carbocycles. The van der Waals surface area contributed by atoms with Crippen molar-refractivity contribution in [3.05, 3.63) is 37.5 Å². The molecule has 0 saturated heterocycles. The van der Waals surface area contributed by atoms with Crippen LogP contribution in [0.3, 0.4) is 0 Å². The maximum absolute atomic E-state index is 11.2. The lowest BCUT2D eigenvalue weighted by molar-refractivity contribution is -0.142. The van der Waals surface area contributed by atoms with Gasteiger partial charge in [0.1, 0.15) is 13.2 Å². The minimum absolute atomic E-state index is 0.107. The Bertz CT molecular complexity index is 291. The summed E-state index contributed by atoms with van der Waals surface area (Å²) in [4.78, 5) is 22.3. The van der Waals surface area contributed by atoms with Gasteiger partial charge < -0.3 is 9.47 Å². The fourth-order valence-corrected chi connectivity index (χ4v) is 0.816. The molecule has 0 N–H and O–H groups in total. The van der Waals surface area contributed by atoms with Gasteiger partial charge in [0, 0.05) is 12.0 Å². The molecular formula is C12H16O4. The third-order valence-corrected chi connectivity index (χ3v) is 1.61. The maximum atomic E-state index is 11.2. The van der Waals surface area contributed by atoms with Gasteiger partial charge in [0.25, 0.3) is 0 Å². The lowest BCUT2D eigenvalue weighted by Gasteiger charge is -2.05. The van der Waals surface area contributed by atoms with Gasteiger partial charge in [-0.15, -0.1) is 0 Å². The second-order valence-corrected chi connectivity index (χ2v) is 2.96. The van der Waals surface area contributed by atoms with Crippen molar-refractivity contribution in [1.29, 1.82) is 0 Å². The topological polar surface area (TPSA) is 52.6 Å². The van der Waals surface area contributed by atoms with Crippen molar-refractivity contribution in [2.45, 2.75) is 12.8 Å². The highest BCUT2D eigenvalue weighted by Gasteiger charge is 2.10. The molecule has 0 aromatic carbocycles. The van der Waals surface area contributed by atoms with Gasteiger partial charge in [0.2, 0.25) is 0 Å². The molecule has 0 rings (SSSR count). The molecule has 0 spiro atoms. The molecule has 88 valence electrons. The normalized spacial score (nSPS) is 9.00. The number of esters is 2. The van der Waals surface area contributed by atoms with E-state index in [0.29, 0.717) is 0 Å². The van der Waals surface area contributed by atoms with Crippen LogP contribution >= 0.6 is 0 Å². The molecule has 0 atom stereocenters. The molecule has 0 aromatic heterocycles. The van der Waals surface area contributed by atoms with E-state index >= 15 is 0 Å². The summed E-state index contributed by atoms with van der Waals surface area (Å²) in [7, 11) is 0. The zero-order valence-electron chi connectivity index (χ0n) is 9.24. The predicted octanol–water partition coefficient (Wildman–Crippen LogP) is 1.78. The van der Waals surface area contributed by atoms with Crippen LogP contribution in [-0.2, 0) is 19.1 Å². The van der Waals surface area contributed by atoms with Crippen molar-refractivity contribution >= 4 is 11.9 Å². The first-order valence-corrected chi connectivity index (χ1v) is 4.84. The molecule has 0 saturated carbocycles. The summed E-state index contributed by atoms with van der Waals surface area (Å²) in [5.41, 5.74) is 0.248. The van der Waals surface area contributed by atoms with E-state index in [0.717, 1.165) is 0 Å². The van der Waals surface area contributed by atoms with Crippen molar-refractivity contribution in [3.8, 4) is 0 Å². The van der Waals surface area contributed by atoms with Crippen molar-refractivity contribution in [3.63, 3.8) is 0 Å². The highest BCUT2D eigenvalue weighted by Crippen LogP contribution is 2.05. The van der Waals surface area contributed by atoms with Crippen LogP contribution in [0.5, 0.6) is 0 Å². The van der Waals surface area contributed by atoms with E-state index in [9.17, 15) is 9.59 Å². The van der Waals surface area contributed by atoms with E-state index < -0.39 is 11.9 Å². The van der Waals surface area contributed by atoms with Crippen LogP contribution in [0.25, 0.3) is 0 Å². The Labute approximate surface area is 95.2 Å². The Kier molecular flexibility index (Phi) is 7.49. The van der Waals surface area contributed by atoms with Crippen LogP contribution in [0.15, 0.2) is 37.5 Å². The lowest BCUT2D eigenvalue weighted by Crippen LogP contribution is -2.10. The van der Waals surface area contributed by atoms with Crippen molar-refractivity contribution in [2.75, 3.05) is 13.2 Å². The molecular weight excluding hydrogens is 208 g/mol. The summed E-state index contributed by atoms with van der Waals surface area (Å²) in [5, 5.41) is 0. The molecule has 0 aromatic rings. The summed E-state index contributed by atoms with van der Waals surface area (Å²) in [6, 6.07) is 0. The van der Waals surface area contributed by atoms with Gasteiger partial charge >= 0.3 is 11.9 Å². The minimum atomic E-state index is -0.517. The van der Waals surface area contributed by atoms with Crippen LogP contribution in [-0.4, -0.2) is 25.2 Å². The van der Waals surface area contributed by atoms with Crippen LogP contribution in [0.4, 0.5) is 0 Å². The fraction of sp³-hybridized carbons (Fsp3) is 0.333. The summed E-state index contributed by atoms with van der Waals surface area (Å²) < 4.78 is 9.48. The van der Waals surface area contributed by atoms with E-state index in [4.69, 9.17) is 9.47 Å². The van der Waals surface area contributed by atoms with E-state index in [1.165, 1.54) is 12.2 Å². The van der Waals surface area contributed by atoms with Gasteiger partial charge in [-0.3, -0.25) is 4.79 Å². The maximum Gasteiger partial charge on any atom is 0.333 e. The van der Waals surface area contributed by atoms with Crippen molar-refractivity contribution in [1.82, 2.24) is 0 Å². The molecule has 0 bridgehead atoms. The molecule has 0 aliphatic heterocycles. The Morgan fingerprint density at radius 3 is 2.12 bits per heavy atom. The first-order chi connectivity index (χ1) is 7.61. The third kappa shape index (κ3) is 6.59. The SMILES string of the molecule is C=CCOC(=O)CCC(=C)C(=O)OCC=C. The quantitative estimate of drug-likeness (QED) is 0.358. The van der Waals surface area contributed by atoms with Gasteiger partial charge in [0.05, 0.1) is 0 Å². The van der Waals surface area contributed by atoms with E-state index in [2.05, 4.69) is 19.7 Å². The van der Waals surface area contributed by atoms with Gasteiger partial charge in [-0.1, -0.05) is 31.9 Å². The standard InChI is InChI=1S/C12H16O4/c1-4-8-15-11(13)7-6-10(3)12(14)16-9-5-2/h4-5H,1-3,6-9H2. The van der Waals surface area contributed by atoms with Crippen LogP contribution in [0.2, 0.25) is 0 Å². The van der Waals surface area contributed by atoms with Gasteiger partial charge in [-0.2, -0.15) is 0 Å². The van der Waals surface area contributed by atoms with Crippen molar-refractivity contribution in [2.24, 2.45) is 0 Å². The number of rotatable bonds is 8. The molecule has 0 unspecified atom stereocenters. The van der Waals surface area contributed by atoms with E-state index in [1.807, 2.05) is 0 Å². The fourth-order valence-electron chi connectivity index (χ4n) is 0.816. The number of carbonyl (C=O) groups excluding carboxylic acids is 2. The monoisotopic (exact) mass is 224 g/mol. The van der Waals surface area contributed by atoms with Gasteiger partial charge in [-0.25, -0.2) is 4.79 Å². The number of hydrogen-bond donors (Lipinski definition) is 0. The zero-order valence-corrected chi connectivity index (χ0v) is 9.24. The molecule has 16 heavy (non-hydrogen) atoms. The Morgan fingerprint density at radius 1 is 1.00 bits per heavy atom. The van der Waals surface area contributed by atoms with E-state index in [-0.39, 0.29) is 31.6 Å². The first kappa shape index (κ1) is 14.2. The minimum Gasteiger partial charge on any atom is -0.461 e. The second kappa shape index (κ2) is 8.47. The molecule has 0 heterocycles. The number of ether oxygens (including phenoxy) is 2. The Hall–Kier alpha value is -1.84. The van der Waals surface area contributed by atoms with Crippen molar-refractivity contribution < 1.29 is 19.1 Å². The van der Waals surface area contributed by atoms with Gasteiger partial charge in [-0.05, 0) is 6.42 Å². The first-order valence-electron chi connectivity index (χ1n) is 4.84. The summed E-state index contributed by atoms with van der Waals surface area (Å²) >= 11 is 0. The molecule has 4 heteroatoms. The van der Waals surface area contributed by atoms with Crippen LogP contribution < -0.4 is 0 Å². The molecule has 0 amide bonds. The largest absolute Gasteiger partial charge is 0.461 e. The summed E-state index contributed by atoms with van der Waals surface area (Å²) in [6.07, 6.45) is 3.27. The number of hydrogen-bond acceptors (Lipinski definition) is 4. The lowest BCUT2D eigenvalue weighted by atomic mass is 10.2. The van der Waals surface area contributed by atoms with E-state index in [1.54, 1.807) is 0 Å². The summed E-state index contributed by atoms with van der Waals surface area (Å²) in [5.74, 6) is -0.908. The number of carbonyl (C=O) groups is 2. The molecule has 4 nitrogen and oxygen atoms in total. The summed E-state index contributed by atoms with van der Waals surface area (Å²) in [6.45, 7) is 10.7.